The fourth-order valence-corrected chi connectivity index (χ4v) is 1.76. The van der Waals surface area contributed by atoms with Crippen LogP contribution in [0.5, 0.6) is 0 Å². The summed E-state index contributed by atoms with van der Waals surface area (Å²) in [5, 5.41) is 0. The van der Waals surface area contributed by atoms with Crippen molar-refractivity contribution >= 4 is 11.8 Å². The number of hydrogen-bond donors (Lipinski definition) is 1. The molecule has 0 amide bonds. The maximum absolute atomic E-state index is 5.59. The molecule has 0 radical (unpaired) electrons. The van der Waals surface area contributed by atoms with Gasteiger partial charge >= 0.3 is 0 Å². The smallest absolute Gasteiger partial charge is 0.0101 e. The maximum atomic E-state index is 5.59. The monoisotopic (exact) mass is 161 g/mol. The Morgan fingerprint density at radius 1 is 1.30 bits per heavy atom. The third kappa shape index (κ3) is 8.31. The van der Waals surface area contributed by atoms with Crippen LogP contribution in [0.2, 0.25) is 0 Å². The van der Waals surface area contributed by atoms with Crippen molar-refractivity contribution in [2.45, 2.75) is 33.2 Å². The molecule has 0 saturated carbocycles. The lowest BCUT2D eigenvalue weighted by atomic mass is 10.2. The molecule has 62 valence electrons. The summed E-state index contributed by atoms with van der Waals surface area (Å²) < 4.78 is 0. The molecule has 10 heavy (non-hydrogen) atoms. The fraction of sp³-hybridized carbons (Fsp3) is 1.00. The van der Waals surface area contributed by atoms with E-state index in [0.717, 1.165) is 11.7 Å². The van der Waals surface area contributed by atoms with Crippen molar-refractivity contribution in [2.24, 2.45) is 11.7 Å². The molecule has 2 N–H and O–H groups in total. The van der Waals surface area contributed by atoms with Crippen LogP contribution < -0.4 is 5.73 Å². The Morgan fingerprint density at radius 2 is 1.90 bits per heavy atom. The van der Waals surface area contributed by atoms with Crippen LogP contribution in [0.15, 0.2) is 0 Å². The molecule has 0 unspecified atom stereocenters. The highest BCUT2D eigenvalue weighted by Crippen LogP contribution is 2.08. The first-order chi connectivity index (χ1) is 4.63. The van der Waals surface area contributed by atoms with Crippen molar-refractivity contribution in [2.75, 3.05) is 11.5 Å². The molecule has 0 spiro atoms. The first-order valence-electron chi connectivity index (χ1n) is 3.96. The van der Waals surface area contributed by atoms with Crippen LogP contribution in [-0.4, -0.2) is 17.5 Å². The lowest BCUT2D eigenvalue weighted by Gasteiger charge is -2.05. The quantitative estimate of drug-likeness (QED) is 0.625. The van der Waals surface area contributed by atoms with E-state index in [2.05, 4.69) is 20.8 Å². The average Bonchev–Trinajstić information content (AvgIpc) is 1.79. The zero-order chi connectivity index (χ0) is 7.98. The second-order valence-corrected chi connectivity index (χ2v) is 4.38. The van der Waals surface area contributed by atoms with Gasteiger partial charge in [0.25, 0.3) is 0 Å². The molecule has 0 aliphatic carbocycles. The highest BCUT2D eigenvalue weighted by atomic mass is 32.2. The summed E-state index contributed by atoms with van der Waals surface area (Å²) >= 11 is 1.96. The van der Waals surface area contributed by atoms with Gasteiger partial charge in [0.2, 0.25) is 0 Å². The van der Waals surface area contributed by atoms with Gasteiger partial charge in [-0.05, 0) is 25.0 Å². The zero-order valence-electron chi connectivity index (χ0n) is 7.26. The molecule has 0 aliphatic heterocycles. The third-order valence-corrected chi connectivity index (χ3v) is 2.51. The normalized spacial score (nSPS) is 14.1. The van der Waals surface area contributed by atoms with E-state index in [1.807, 2.05) is 11.8 Å². The largest absolute Gasteiger partial charge is 0.327 e. The second-order valence-electron chi connectivity index (χ2n) is 3.23. The van der Waals surface area contributed by atoms with E-state index in [0.29, 0.717) is 6.04 Å². The van der Waals surface area contributed by atoms with E-state index in [1.165, 1.54) is 12.2 Å². The van der Waals surface area contributed by atoms with Gasteiger partial charge in [-0.25, -0.2) is 0 Å². The molecule has 0 heterocycles. The van der Waals surface area contributed by atoms with Crippen LogP contribution in [0.1, 0.15) is 27.2 Å². The third-order valence-electron chi connectivity index (χ3n) is 1.22. The SMILES string of the molecule is CC(C)CCSC[C@H](C)N. The molecule has 0 fully saturated rings. The Kier molecular flexibility index (Phi) is 6.24. The highest BCUT2D eigenvalue weighted by molar-refractivity contribution is 7.99. The van der Waals surface area contributed by atoms with Gasteiger partial charge in [-0.1, -0.05) is 13.8 Å². The molecule has 0 aliphatic rings. The molecular formula is C8H19NS. The summed E-state index contributed by atoms with van der Waals surface area (Å²) in [4.78, 5) is 0. The summed E-state index contributed by atoms with van der Waals surface area (Å²) in [6.45, 7) is 6.57. The lowest BCUT2D eigenvalue weighted by molar-refractivity contribution is 0.631. The van der Waals surface area contributed by atoms with Gasteiger partial charge in [-0.2, -0.15) is 11.8 Å². The van der Waals surface area contributed by atoms with Gasteiger partial charge in [0.15, 0.2) is 0 Å². The molecule has 0 aromatic rings. The van der Waals surface area contributed by atoms with Crippen molar-refractivity contribution in [3.8, 4) is 0 Å². The molecule has 2 heteroatoms. The van der Waals surface area contributed by atoms with Crippen molar-refractivity contribution in [1.29, 1.82) is 0 Å². The molecule has 0 bridgehead atoms. The Hall–Kier alpha value is 0.310. The first kappa shape index (κ1) is 10.3. The topological polar surface area (TPSA) is 26.0 Å². The lowest BCUT2D eigenvalue weighted by Crippen LogP contribution is -2.17. The van der Waals surface area contributed by atoms with Crippen LogP contribution >= 0.6 is 11.8 Å². The van der Waals surface area contributed by atoms with Crippen LogP contribution in [0.25, 0.3) is 0 Å². The van der Waals surface area contributed by atoms with Gasteiger partial charge in [-0.3, -0.25) is 0 Å². The fourth-order valence-electron chi connectivity index (χ4n) is 0.588. The summed E-state index contributed by atoms with van der Waals surface area (Å²) in [5.41, 5.74) is 5.59. The maximum Gasteiger partial charge on any atom is 0.0101 e. The molecular weight excluding hydrogens is 142 g/mol. The molecule has 0 saturated heterocycles. The predicted octanol–water partition coefficient (Wildman–Crippen LogP) is 2.11. The van der Waals surface area contributed by atoms with E-state index in [4.69, 9.17) is 5.73 Å². The summed E-state index contributed by atoms with van der Waals surface area (Å²) in [7, 11) is 0. The minimum atomic E-state index is 0.358. The number of nitrogens with two attached hydrogens (primary N) is 1. The molecule has 0 aromatic carbocycles. The van der Waals surface area contributed by atoms with E-state index < -0.39 is 0 Å². The van der Waals surface area contributed by atoms with E-state index in [9.17, 15) is 0 Å². The number of hydrogen-bond acceptors (Lipinski definition) is 2. The minimum absolute atomic E-state index is 0.358. The molecule has 1 nitrogen and oxygen atoms in total. The van der Waals surface area contributed by atoms with Crippen LogP contribution in [0.4, 0.5) is 0 Å². The number of thioether (sulfide) groups is 1. The van der Waals surface area contributed by atoms with E-state index >= 15 is 0 Å². The Bertz CT molecular complexity index is 61.7. The van der Waals surface area contributed by atoms with Gasteiger partial charge < -0.3 is 5.73 Å². The summed E-state index contributed by atoms with van der Waals surface area (Å²) in [6.07, 6.45) is 1.32. The van der Waals surface area contributed by atoms with Crippen molar-refractivity contribution in [3.05, 3.63) is 0 Å². The summed E-state index contributed by atoms with van der Waals surface area (Å²) in [5.74, 6) is 3.20. The zero-order valence-corrected chi connectivity index (χ0v) is 8.08. The Morgan fingerprint density at radius 3 is 2.30 bits per heavy atom. The second kappa shape index (κ2) is 6.05. The van der Waals surface area contributed by atoms with Crippen molar-refractivity contribution in [1.82, 2.24) is 0 Å². The van der Waals surface area contributed by atoms with Crippen LogP contribution in [0, 0.1) is 5.92 Å². The predicted molar refractivity (Wildman–Crippen MR) is 50.4 cm³/mol. The summed E-state index contributed by atoms with van der Waals surface area (Å²) in [6, 6.07) is 0.358. The Labute approximate surface area is 68.8 Å². The van der Waals surface area contributed by atoms with Crippen LogP contribution in [0.3, 0.4) is 0 Å². The van der Waals surface area contributed by atoms with Crippen molar-refractivity contribution in [3.63, 3.8) is 0 Å². The Balaban J connectivity index is 2.91. The van der Waals surface area contributed by atoms with Crippen LogP contribution in [-0.2, 0) is 0 Å². The van der Waals surface area contributed by atoms with Gasteiger partial charge in [0.05, 0.1) is 0 Å². The molecule has 0 rings (SSSR count). The minimum Gasteiger partial charge on any atom is -0.327 e. The first-order valence-corrected chi connectivity index (χ1v) is 5.11. The van der Waals surface area contributed by atoms with Gasteiger partial charge in [0.1, 0.15) is 0 Å². The van der Waals surface area contributed by atoms with Gasteiger partial charge in [-0.15, -0.1) is 0 Å². The highest BCUT2D eigenvalue weighted by Gasteiger charge is 1.96. The molecule has 1 atom stereocenters. The van der Waals surface area contributed by atoms with Gasteiger partial charge in [0, 0.05) is 11.8 Å². The molecule has 0 aromatic heterocycles. The van der Waals surface area contributed by atoms with E-state index in [-0.39, 0.29) is 0 Å². The average molecular weight is 161 g/mol. The number of rotatable bonds is 5. The van der Waals surface area contributed by atoms with E-state index in [1.54, 1.807) is 0 Å². The van der Waals surface area contributed by atoms with Crippen molar-refractivity contribution < 1.29 is 0 Å². The standard InChI is InChI=1S/C8H19NS/c1-7(2)4-5-10-6-8(3)9/h7-8H,4-6,9H2,1-3H3/t8-/m0/s1.